The number of nitrogens with one attached hydrogen (secondary N) is 2. The third-order valence-corrected chi connectivity index (χ3v) is 10.1. The second kappa shape index (κ2) is 9.35. The first-order valence-electron chi connectivity index (χ1n) is 12.8. The Balaban J connectivity index is 1.24. The van der Waals surface area contributed by atoms with Gasteiger partial charge in [0.05, 0.1) is 18.6 Å². The van der Waals surface area contributed by atoms with Gasteiger partial charge in [0.2, 0.25) is 10.0 Å². The number of amides is 4. The number of urea groups is 1. The molecular formula is C28H28N4O6S. The average Bonchev–Trinajstić information content (AvgIpc) is 3.42. The maximum Gasteiger partial charge on any atom is 0.322 e. The fourth-order valence-corrected chi connectivity index (χ4v) is 7.78. The molecule has 3 aliphatic rings. The van der Waals surface area contributed by atoms with E-state index in [0.717, 1.165) is 10.9 Å². The van der Waals surface area contributed by atoms with Crippen LogP contribution in [0.3, 0.4) is 0 Å². The van der Waals surface area contributed by atoms with Gasteiger partial charge in [0.25, 0.3) is 11.8 Å². The molecule has 1 unspecified atom stereocenters. The molecule has 39 heavy (non-hydrogen) atoms. The maximum atomic E-state index is 13.6. The van der Waals surface area contributed by atoms with E-state index in [0.29, 0.717) is 29.5 Å². The van der Waals surface area contributed by atoms with Crippen LogP contribution in [0.5, 0.6) is 5.75 Å². The molecule has 0 aromatic heterocycles. The van der Waals surface area contributed by atoms with E-state index in [1.807, 2.05) is 24.3 Å². The Hall–Kier alpha value is -3.96. The summed E-state index contributed by atoms with van der Waals surface area (Å²) in [6.07, 6.45) is 0.695. The number of fused-ring (bicyclic) bond motifs is 2. The van der Waals surface area contributed by atoms with Crippen molar-refractivity contribution < 1.29 is 27.5 Å². The number of ether oxygens (including phenoxy) is 1. The first-order chi connectivity index (χ1) is 18.7. The largest absolute Gasteiger partial charge is 0.497 e. The van der Waals surface area contributed by atoms with Gasteiger partial charge in [0.1, 0.15) is 11.3 Å². The molecule has 0 aliphatic carbocycles. The predicted molar refractivity (Wildman–Crippen MR) is 143 cm³/mol. The second-order valence-corrected chi connectivity index (χ2v) is 12.1. The molecule has 0 bridgehead atoms. The topological polar surface area (TPSA) is 125 Å². The Kier molecular flexibility index (Phi) is 6.07. The Morgan fingerprint density at radius 1 is 1.00 bits per heavy atom. The lowest BCUT2D eigenvalue weighted by molar-refractivity contribution is -0.127. The monoisotopic (exact) mass is 548 g/mol. The van der Waals surface area contributed by atoms with Crippen LogP contribution >= 0.6 is 0 Å². The van der Waals surface area contributed by atoms with Crippen LogP contribution in [0, 0.1) is 5.92 Å². The smallest absolute Gasteiger partial charge is 0.322 e. The first-order valence-corrected chi connectivity index (χ1v) is 14.2. The van der Waals surface area contributed by atoms with E-state index in [1.165, 1.54) is 4.31 Å². The van der Waals surface area contributed by atoms with Crippen molar-refractivity contribution in [2.24, 2.45) is 5.92 Å². The number of imide groups is 1. The number of nitrogens with zero attached hydrogens (tertiary/aromatic N) is 2. The molecule has 4 amide bonds. The number of methoxy groups -OCH3 is 1. The van der Waals surface area contributed by atoms with Crippen molar-refractivity contribution in [1.82, 2.24) is 19.8 Å². The number of piperidine rings is 1. The molecule has 202 valence electrons. The zero-order chi connectivity index (χ0) is 27.4. The molecule has 2 N–H and O–H groups in total. The van der Waals surface area contributed by atoms with Crippen LogP contribution in [0.4, 0.5) is 4.79 Å². The lowest BCUT2D eigenvalue weighted by Crippen LogP contribution is -2.62. The van der Waals surface area contributed by atoms with E-state index in [1.54, 1.807) is 48.4 Å². The summed E-state index contributed by atoms with van der Waals surface area (Å²) in [5.41, 5.74) is -0.0318. The summed E-state index contributed by atoms with van der Waals surface area (Å²) in [4.78, 5) is 40.6. The minimum atomic E-state index is -3.78. The Bertz CT molecular complexity index is 1610. The zero-order valence-electron chi connectivity index (χ0n) is 21.3. The first kappa shape index (κ1) is 25.3. The molecule has 0 spiro atoms. The number of benzene rings is 3. The standard InChI is InChI=1S/C28H28N4O6S/c1-38-21-9-10-23-19(15-21)16-31(25(23)33)17-28(26(34)29-27(35)30-28)20-11-13-32(14-12-20)39(36,37)24-8-4-6-18-5-2-3-7-22(18)24/h2-10,15,20H,11-14,16-17H2,1H3,(H2,29,30,34,35). The summed E-state index contributed by atoms with van der Waals surface area (Å²) in [7, 11) is -2.23. The number of hydrogen-bond acceptors (Lipinski definition) is 6. The molecule has 10 nitrogen and oxygen atoms in total. The summed E-state index contributed by atoms with van der Waals surface area (Å²) in [5.74, 6) is -0.458. The molecular weight excluding hydrogens is 520 g/mol. The molecule has 2 fully saturated rings. The lowest BCUT2D eigenvalue weighted by Gasteiger charge is -2.41. The van der Waals surface area contributed by atoms with Gasteiger partial charge < -0.3 is 15.0 Å². The minimum Gasteiger partial charge on any atom is -0.497 e. The quantitative estimate of drug-likeness (QED) is 0.456. The van der Waals surface area contributed by atoms with E-state index in [-0.39, 0.29) is 42.9 Å². The normalized spacial score (nSPS) is 22.2. The van der Waals surface area contributed by atoms with E-state index in [2.05, 4.69) is 10.6 Å². The van der Waals surface area contributed by atoms with Crippen LogP contribution in [0.2, 0.25) is 0 Å². The van der Waals surface area contributed by atoms with Crippen LogP contribution in [-0.2, 0) is 21.4 Å². The second-order valence-electron chi connectivity index (χ2n) is 10.2. The Morgan fingerprint density at radius 2 is 1.74 bits per heavy atom. The fraction of sp³-hybridized carbons (Fsp3) is 0.321. The summed E-state index contributed by atoms with van der Waals surface area (Å²) in [6, 6.07) is 17.2. The number of hydrogen-bond donors (Lipinski definition) is 2. The summed E-state index contributed by atoms with van der Waals surface area (Å²) >= 11 is 0. The van der Waals surface area contributed by atoms with Crippen molar-refractivity contribution in [3.05, 3.63) is 71.8 Å². The highest BCUT2D eigenvalue weighted by atomic mass is 32.2. The SMILES string of the molecule is COc1ccc2c(c1)CN(CC1(C3CCN(S(=O)(=O)c4cccc5ccccc45)CC3)NC(=O)NC1=O)C2=O. The van der Waals surface area contributed by atoms with Crippen LogP contribution in [-0.4, -0.2) is 67.8 Å². The molecule has 3 aliphatic heterocycles. The molecule has 0 radical (unpaired) electrons. The number of carbonyl (C=O) groups excluding carboxylic acids is 3. The fourth-order valence-electron chi connectivity index (χ4n) is 6.09. The molecule has 3 heterocycles. The van der Waals surface area contributed by atoms with Gasteiger partial charge in [0.15, 0.2) is 0 Å². The summed E-state index contributed by atoms with van der Waals surface area (Å²) in [5, 5.41) is 6.65. The van der Waals surface area contributed by atoms with Crippen LogP contribution < -0.4 is 15.4 Å². The highest BCUT2D eigenvalue weighted by Gasteiger charge is 2.54. The summed E-state index contributed by atoms with van der Waals surface area (Å²) < 4.78 is 34.0. The third kappa shape index (κ3) is 4.12. The number of carbonyl (C=O) groups is 3. The van der Waals surface area contributed by atoms with E-state index in [9.17, 15) is 22.8 Å². The van der Waals surface area contributed by atoms with Gasteiger partial charge in [-0.25, -0.2) is 13.2 Å². The van der Waals surface area contributed by atoms with Crippen molar-refractivity contribution in [2.45, 2.75) is 29.8 Å². The van der Waals surface area contributed by atoms with Crippen molar-refractivity contribution in [1.29, 1.82) is 0 Å². The maximum absolute atomic E-state index is 13.6. The number of sulfonamides is 1. The number of rotatable bonds is 6. The molecule has 2 saturated heterocycles. The zero-order valence-corrected chi connectivity index (χ0v) is 22.2. The molecule has 3 aromatic carbocycles. The van der Waals surface area contributed by atoms with Crippen LogP contribution in [0.1, 0.15) is 28.8 Å². The van der Waals surface area contributed by atoms with Crippen molar-refractivity contribution >= 4 is 38.6 Å². The van der Waals surface area contributed by atoms with Crippen molar-refractivity contribution in [3.63, 3.8) is 0 Å². The highest BCUT2D eigenvalue weighted by Crippen LogP contribution is 2.37. The Labute approximate surface area is 226 Å². The van der Waals surface area contributed by atoms with Gasteiger partial charge in [-0.2, -0.15) is 4.31 Å². The molecule has 6 rings (SSSR count). The van der Waals surface area contributed by atoms with Gasteiger partial charge in [0, 0.05) is 30.6 Å². The van der Waals surface area contributed by atoms with Gasteiger partial charge >= 0.3 is 6.03 Å². The van der Waals surface area contributed by atoms with Crippen molar-refractivity contribution in [3.8, 4) is 5.75 Å². The van der Waals surface area contributed by atoms with Crippen LogP contribution in [0.15, 0.2) is 65.6 Å². The molecule has 3 aromatic rings. The van der Waals surface area contributed by atoms with E-state index >= 15 is 0 Å². The van der Waals surface area contributed by atoms with Gasteiger partial charge in [-0.15, -0.1) is 0 Å². The van der Waals surface area contributed by atoms with Gasteiger partial charge in [-0.1, -0.05) is 36.4 Å². The van der Waals surface area contributed by atoms with Crippen LogP contribution in [0.25, 0.3) is 10.8 Å². The molecule has 1 atom stereocenters. The van der Waals surface area contributed by atoms with Gasteiger partial charge in [-0.05, 0) is 54.0 Å². The molecule has 11 heteroatoms. The lowest BCUT2D eigenvalue weighted by atomic mass is 9.77. The third-order valence-electron chi connectivity index (χ3n) is 8.12. The van der Waals surface area contributed by atoms with E-state index < -0.39 is 27.5 Å². The summed E-state index contributed by atoms with van der Waals surface area (Å²) in [6.45, 7) is 0.644. The highest BCUT2D eigenvalue weighted by molar-refractivity contribution is 7.89. The van der Waals surface area contributed by atoms with Gasteiger partial charge in [-0.3, -0.25) is 14.9 Å². The van der Waals surface area contributed by atoms with E-state index in [4.69, 9.17) is 4.74 Å². The minimum absolute atomic E-state index is 0.0128. The average molecular weight is 549 g/mol. The molecule has 0 saturated carbocycles. The predicted octanol–water partition coefficient (Wildman–Crippen LogP) is 2.48. The Morgan fingerprint density at radius 3 is 2.46 bits per heavy atom. The van der Waals surface area contributed by atoms with Crippen molar-refractivity contribution in [2.75, 3.05) is 26.7 Å².